The molecule has 3 N–H and O–H groups in total. The maximum absolute atomic E-state index is 12.9. The smallest absolute Gasteiger partial charge is 0.286 e. The first-order valence-corrected chi connectivity index (χ1v) is 11.4. The van der Waals surface area contributed by atoms with Gasteiger partial charge in [-0.25, -0.2) is 4.98 Å². The van der Waals surface area contributed by atoms with Crippen molar-refractivity contribution in [2.24, 2.45) is 12.8 Å². The Morgan fingerprint density at radius 1 is 1.18 bits per heavy atom. The number of hydrogen-bond donors (Lipinski definition) is 2. The summed E-state index contributed by atoms with van der Waals surface area (Å²) in [6.45, 7) is 1.98. The molecule has 5 aromatic rings. The Balaban J connectivity index is 1.67. The third-order valence-corrected chi connectivity index (χ3v) is 6.71. The molecule has 2 amide bonds. The number of rotatable bonds is 5. The molecule has 0 aliphatic carbocycles. The number of aromatic nitrogens is 4. The number of fused-ring (bicyclic) bond motifs is 1. The molecule has 34 heavy (non-hydrogen) atoms. The number of amides is 2. The Morgan fingerprint density at radius 3 is 2.68 bits per heavy atom. The number of aryl methyl sites for hydroxylation is 1. The highest BCUT2D eigenvalue weighted by molar-refractivity contribution is 7.11. The zero-order valence-electron chi connectivity index (χ0n) is 18.9. The summed E-state index contributed by atoms with van der Waals surface area (Å²) in [6.07, 6.45) is 5.29. The van der Waals surface area contributed by atoms with E-state index in [1.54, 1.807) is 40.5 Å². The number of nitrogens with two attached hydrogens (primary N) is 1. The van der Waals surface area contributed by atoms with Crippen molar-refractivity contribution >= 4 is 39.7 Å². The number of H-pyrrole nitrogens is 1. The van der Waals surface area contributed by atoms with Gasteiger partial charge in [-0.1, -0.05) is 18.2 Å². The van der Waals surface area contributed by atoms with E-state index in [2.05, 4.69) is 15.1 Å². The van der Waals surface area contributed by atoms with Gasteiger partial charge in [0, 0.05) is 54.2 Å². The zero-order valence-corrected chi connectivity index (χ0v) is 19.7. The van der Waals surface area contributed by atoms with E-state index in [-0.39, 0.29) is 5.91 Å². The molecular formula is C25H22N6O2S. The van der Waals surface area contributed by atoms with Crippen molar-refractivity contribution in [3.8, 4) is 22.4 Å². The van der Waals surface area contributed by atoms with E-state index in [1.807, 2.05) is 50.5 Å². The number of nitrogens with zero attached hydrogens (tertiary/aromatic N) is 4. The number of primary amides is 1. The highest BCUT2D eigenvalue weighted by Crippen LogP contribution is 2.38. The number of hydrogen-bond acceptors (Lipinski definition) is 5. The number of thiazole rings is 1. The quantitative estimate of drug-likeness (QED) is 0.397. The molecule has 3 aromatic heterocycles. The molecule has 0 saturated heterocycles. The second kappa shape index (κ2) is 8.27. The molecule has 0 aliphatic rings. The molecular weight excluding hydrogens is 448 g/mol. The van der Waals surface area contributed by atoms with Crippen LogP contribution in [0, 0.1) is 6.92 Å². The maximum Gasteiger partial charge on any atom is 0.286 e. The van der Waals surface area contributed by atoms with Crippen molar-refractivity contribution in [2.75, 3.05) is 11.9 Å². The van der Waals surface area contributed by atoms with E-state index >= 15 is 0 Å². The molecule has 0 radical (unpaired) electrons. The number of benzene rings is 2. The van der Waals surface area contributed by atoms with Crippen LogP contribution in [0.4, 0.5) is 5.69 Å². The summed E-state index contributed by atoms with van der Waals surface area (Å²) in [5.74, 6) is -0.666. The lowest BCUT2D eigenvalue weighted by Gasteiger charge is -2.21. The summed E-state index contributed by atoms with van der Waals surface area (Å²) in [5, 5.41) is 7.33. The van der Waals surface area contributed by atoms with Crippen molar-refractivity contribution in [1.82, 2.24) is 19.7 Å². The summed E-state index contributed by atoms with van der Waals surface area (Å²) in [7, 11) is 3.60. The van der Waals surface area contributed by atoms with Gasteiger partial charge >= 0.3 is 0 Å². The summed E-state index contributed by atoms with van der Waals surface area (Å²) >= 11 is 1.31. The van der Waals surface area contributed by atoms with Gasteiger partial charge in [-0.3, -0.25) is 14.3 Å². The lowest BCUT2D eigenvalue weighted by atomic mass is 9.94. The fraction of sp³-hybridized carbons (Fsp3) is 0.120. The van der Waals surface area contributed by atoms with Gasteiger partial charge in [-0.15, -0.1) is 11.3 Å². The molecule has 0 spiro atoms. The third-order valence-electron chi connectivity index (χ3n) is 5.95. The van der Waals surface area contributed by atoms with Crippen LogP contribution in [0.2, 0.25) is 0 Å². The molecule has 8 nitrogen and oxygen atoms in total. The molecule has 0 unspecified atom stereocenters. The van der Waals surface area contributed by atoms with Crippen LogP contribution in [-0.4, -0.2) is 38.6 Å². The number of anilines is 1. The zero-order chi connectivity index (χ0) is 24.0. The van der Waals surface area contributed by atoms with Crippen molar-refractivity contribution in [3.63, 3.8) is 0 Å². The lowest BCUT2D eigenvalue weighted by Crippen LogP contribution is -2.26. The predicted molar refractivity (Wildman–Crippen MR) is 134 cm³/mol. The molecule has 0 atom stereocenters. The Bertz CT molecular complexity index is 1550. The van der Waals surface area contributed by atoms with Crippen molar-refractivity contribution in [2.45, 2.75) is 6.92 Å². The van der Waals surface area contributed by atoms with E-state index < -0.39 is 5.91 Å². The highest BCUT2D eigenvalue weighted by atomic mass is 32.1. The van der Waals surface area contributed by atoms with Crippen LogP contribution in [0.5, 0.6) is 0 Å². The molecule has 0 saturated carbocycles. The van der Waals surface area contributed by atoms with Crippen LogP contribution in [0.3, 0.4) is 0 Å². The summed E-state index contributed by atoms with van der Waals surface area (Å²) < 4.78 is 1.72. The topological polar surface area (TPSA) is 110 Å². The van der Waals surface area contributed by atoms with Crippen LogP contribution >= 0.6 is 11.3 Å². The SMILES string of the molecule is Cc1c(-c2ccc(C(N)=O)c3[nH]c(-c4cnn(C)c4)cc23)cccc1N(C)C(=O)c1nccs1. The van der Waals surface area contributed by atoms with Crippen LogP contribution < -0.4 is 10.6 Å². The maximum atomic E-state index is 12.9. The fourth-order valence-electron chi connectivity index (χ4n) is 4.24. The van der Waals surface area contributed by atoms with Gasteiger partial charge < -0.3 is 15.6 Å². The average molecular weight is 471 g/mol. The molecule has 0 fully saturated rings. The molecule has 0 aliphatic heterocycles. The number of aromatic amines is 1. The Morgan fingerprint density at radius 2 is 2.00 bits per heavy atom. The van der Waals surface area contributed by atoms with Gasteiger partial charge in [0.15, 0.2) is 5.01 Å². The first kappa shape index (κ1) is 21.6. The normalized spacial score (nSPS) is 11.1. The minimum absolute atomic E-state index is 0.162. The summed E-state index contributed by atoms with van der Waals surface area (Å²) in [4.78, 5) is 34.2. The number of carbonyl (C=O) groups is 2. The first-order valence-electron chi connectivity index (χ1n) is 10.6. The van der Waals surface area contributed by atoms with Crippen LogP contribution in [0.15, 0.2) is 60.4 Å². The molecule has 0 bridgehead atoms. The van der Waals surface area contributed by atoms with Gasteiger partial charge in [-0.2, -0.15) is 5.10 Å². The van der Waals surface area contributed by atoms with E-state index in [1.165, 1.54) is 11.3 Å². The lowest BCUT2D eigenvalue weighted by molar-refractivity contribution is 0.0988. The van der Waals surface area contributed by atoms with E-state index in [9.17, 15) is 9.59 Å². The van der Waals surface area contributed by atoms with E-state index in [0.717, 1.165) is 39.0 Å². The molecule has 170 valence electrons. The largest absolute Gasteiger partial charge is 0.366 e. The fourth-order valence-corrected chi connectivity index (χ4v) is 4.85. The summed E-state index contributed by atoms with van der Waals surface area (Å²) in [6, 6.07) is 11.5. The Kier molecular flexibility index (Phi) is 5.25. The summed E-state index contributed by atoms with van der Waals surface area (Å²) in [5.41, 5.74) is 12.1. The van der Waals surface area contributed by atoms with Crippen molar-refractivity contribution in [3.05, 3.63) is 76.5 Å². The van der Waals surface area contributed by atoms with Crippen molar-refractivity contribution < 1.29 is 9.59 Å². The Hall–Kier alpha value is -4.24. The van der Waals surface area contributed by atoms with E-state index in [0.29, 0.717) is 16.1 Å². The third kappa shape index (κ3) is 3.56. The molecule has 9 heteroatoms. The average Bonchev–Trinajstić information content (AvgIpc) is 3.58. The van der Waals surface area contributed by atoms with Gasteiger partial charge in [0.1, 0.15) is 0 Å². The highest BCUT2D eigenvalue weighted by Gasteiger charge is 2.21. The minimum atomic E-state index is -0.504. The number of carbonyl (C=O) groups excluding carboxylic acids is 2. The molecule has 2 aromatic carbocycles. The second-order valence-corrected chi connectivity index (χ2v) is 8.94. The van der Waals surface area contributed by atoms with Gasteiger partial charge in [0.25, 0.3) is 11.8 Å². The second-order valence-electron chi connectivity index (χ2n) is 8.05. The van der Waals surface area contributed by atoms with Gasteiger partial charge in [-0.05, 0) is 41.8 Å². The number of nitrogens with one attached hydrogen (secondary N) is 1. The van der Waals surface area contributed by atoms with Crippen LogP contribution in [0.1, 0.15) is 25.7 Å². The van der Waals surface area contributed by atoms with Gasteiger partial charge in [0.2, 0.25) is 0 Å². The monoisotopic (exact) mass is 470 g/mol. The first-order chi connectivity index (χ1) is 16.3. The van der Waals surface area contributed by atoms with E-state index in [4.69, 9.17) is 5.73 Å². The van der Waals surface area contributed by atoms with Crippen LogP contribution in [-0.2, 0) is 7.05 Å². The van der Waals surface area contributed by atoms with Crippen LogP contribution in [0.25, 0.3) is 33.3 Å². The standard InChI is InChI=1S/C25H22N6O2S/c1-14-16(5-4-6-21(14)31(3)25(33)24-27-9-10-34-24)17-7-8-18(23(26)32)22-19(17)11-20(29-22)15-12-28-30(2)13-15/h4-13,29H,1-3H3,(H2,26,32). The molecule has 3 heterocycles. The Labute approximate surface area is 199 Å². The van der Waals surface area contributed by atoms with Crippen molar-refractivity contribution in [1.29, 1.82) is 0 Å². The predicted octanol–water partition coefficient (Wildman–Crippen LogP) is 4.38. The van der Waals surface area contributed by atoms with Gasteiger partial charge in [0.05, 0.1) is 17.3 Å². The molecule has 5 rings (SSSR count). The minimum Gasteiger partial charge on any atom is -0.366 e.